The fraction of sp³-hybridized carbons (Fsp3) is 0.471. The number of carbonyl (C=O) groups excluding carboxylic acids is 3. The second kappa shape index (κ2) is 9.61. The molecule has 0 aliphatic heterocycles. The molecule has 1 rings (SSSR count). The number of esters is 1. The van der Waals surface area contributed by atoms with Crippen molar-refractivity contribution in [2.45, 2.75) is 32.6 Å². The summed E-state index contributed by atoms with van der Waals surface area (Å²) < 4.78 is 5.12. The van der Waals surface area contributed by atoms with E-state index in [2.05, 4.69) is 0 Å². The molecular formula is C17H22O6. The fourth-order valence-electron chi connectivity index (χ4n) is 2.35. The van der Waals surface area contributed by atoms with E-state index in [1.807, 2.05) is 6.92 Å². The lowest BCUT2D eigenvalue weighted by Gasteiger charge is -2.18. The van der Waals surface area contributed by atoms with Gasteiger partial charge < -0.3 is 24.5 Å². The summed E-state index contributed by atoms with van der Waals surface area (Å²) in [4.78, 5) is 33.5. The molecule has 0 saturated carbocycles. The van der Waals surface area contributed by atoms with Gasteiger partial charge in [0.15, 0.2) is 11.5 Å². The fourth-order valence-corrected chi connectivity index (χ4v) is 2.35. The summed E-state index contributed by atoms with van der Waals surface area (Å²) in [5, 5.41) is 18.6. The first-order valence-electron chi connectivity index (χ1n) is 7.57. The standard InChI is InChI=1S/C17H22O6/c1-2-13(11-19)14(5-7-18)10-17(22)23-8-6-12-3-4-15(20)16(21)9-12/h3-4,7,9,11,13-14,20-21H,2,5-6,8,10H2,1H3/t13?,14-/m0/s1. The predicted molar refractivity (Wildman–Crippen MR) is 83.1 cm³/mol. The van der Waals surface area contributed by atoms with Crippen LogP contribution in [-0.4, -0.2) is 35.4 Å². The number of benzene rings is 1. The van der Waals surface area contributed by atoms with E-state index in [1.54, 1.807) is 6.07 Å². The normalized spacial score (nSPS) is 13.1. The van der Waals surface area contributed by atoms with Crippen molar-refractivity contribution in [3.8, 4) is 11.5 Å². The van der Waals surface area contributed by atoms with E-state index < -0.39 is 5.97 Å². The molecule has 6 heteroatoms. The van der Waals surface area contributed by atoms with Gasteiger partial charge in [-0.25, -0.2) is 0 Å². The Labute approximate surface area is 135 Å². The van der Waals surface area contributed by atoms with Crippen molar-refractivity contribution in [3.63, 3.8) is 0 Å². The van der Waals surface area contributed by atoms with E-state index in [-0.39, 0.29) is 42.8 Å². The molecule has 1 aromatic carbocycles. The van der Waals surface area contributed by atoms with Crippen molar-refractivity contribution in [2.24, 2.45) is 11.8 Å². The summed E-state index contributed by atoms with van der Waals surface area (Å²) in [5.41, 5.74) is 0.719. The molecule has 0 saturated heterocycles. The van der Waals surface area contributed by atoms with Crippen LogP contribution in [0, 0.1) is 11.8 Å². The molecule has 0 bridgehead atoms. The maximum Gasteiger partial charge on any atom is 0.306 e. The summed E-state index contributed by atoms with van der Waals surface area (Å²) >= 11 is 0. The van der Waals surface area contributed by atoms with Gasteiger partial charge in [-0.2, -0.15) is 0 Å². The maximum absolute atomic E-state index is 11.8. The Kier molecular flexibility index (Phi) is 7.80. The van der Waals surface area contributed by atoms with Crippen molar-refractivity contribution in [1.29, 1.82) is 0 Å². The lowest BCUT2D eigenvalue weighted by atomic mass is 9.86. The van der Waals surface area contributed by atoms with Crippen LogP contribution in [0.2, 0.25) is 0 Å². The lowest BCUT2D eigenvalue weighted by Crippen LogP contribution is -2.21. The second-order valence-corrected chi connectivity index (χ2v) is 5.37. The lowest BCUT2D eigenvalue weighted by molar-refractivity contribution is -0.145. The van der Waals surface area contributed by atoms with Crippen LogP contribution in [0.3, 0.4) is 0 Å². The Bertz CT molecular complexity index is 540. The van der Waals surface area contributed by atoms with Crippen molar-refractivity contribution in [2.75, 3.05) is 6.61 Å². The summed E-state index contributed by atoms with van der Waals surface area (Å²) in [6, 6.07) is 4.39. The first-order chi connectivity index (χ1) is 11.0. The molecule has 126 valence electrons. The molecule has 0 amide bonds. The molecule has 0 spiro atoms. The van der Waals surface area contributed by atoms with Gasteiger partial charge in [-0.15, -0.1) is 0 Å². The number of rotatable bonds is 10. The number of hydrogen-bond acceptors (Lipinski definition) is 6. The van der Waals surface area contributed by atoms with Gasteiger partial charge >= 0.3 is 5.97 Å². The molecule has 1 aromatic rings. The molecule has 1 unspecified atom stereocenters. The van der Waals surface area contributed by atoms with Gasteiger partial charge in [0.25, 0.3) is 0 Å². The average Bonchev–Trinajstić information content (AvgIpc) is 2.52. The number of ether oxygens (including phenoxy) is 1. The highest BCUT2D eigenvalue weighted by Crippen LogP contribution is 2.25. The van der Waals surface area contributed by atoms with Gasteiger partial charge in [-0.05, 0) is 30.0 Å². The molecule has 0 fully saturated rings. The highest BCUT2D eigenvalue weighted by atomic mass is 16.5. The molecule has 0 heterocycles. The summed E-state index contributed by atoms with van der Waals surface area (Å²) in [7, 11) is 0. The SMILES string of the molecule is CCC(C=O)[C@@H](CC=O)CC(=O)OCCc1ccc(O)c(O)c1. The minimum Gasteiger partial charge on any atom is -0.504 e. The highest BCUT2D eigenvalue weighted by Gasteiger charge is 2.23. The maximum atomic E-state index is 11.8. The number of hydrogen-bond donors (Lipinski definition) is 2. The van der Waals surface area contributed by atoms with Gasteiger partial charge in [0.1, 0.15) is 12.6 Å². The third-order valence-electron chi connectivity index (χ3n) is 3.77. The van der Waals surface area contributed by atoms with Crippen LogP contribution in [0.4, 0.5) is 0 Å². The number of phenolic OH excluding ortho intramolecular Hbond substituents is 2. The smallest absolute Gasteiger partial charge is 0.306 e. The monoisotopic (exact) mass is 322 g/mol. The Morgan fingerprint density at radius 3 is 2.57 bits per heavy atom. The van der Waals surface area contributed by atoms with Crippen molar-refractivity contribution in [3.05, 3.63) is 23.8 Å². The number of carbonyl (C=O) groups is 3. The Morgan fingerprint density at radius 1 is 1.26 bits per heavy atom. The van der Waals surface area contributed by atoms with Crippen molar-refractivity contribution >= 4 is 18.5 Å². The van der Waals surface area contributed by atoms with E-state index in [1.165, 1.54) is 12.1 Å². The van der Waals surface area contributed by atoms with Crippen LogP contribution < -0.4 is 0 Å². The molecule has 2 atom stereocenters. The molecule has 0 radical (unpaired) electrons. The molecule has 0 aliphatic carbocycles. The molecular weight excluding hydrogens is 300 g/mol. The third-order valence-corrected chi connectivity index (χ3v) is 3.77. The van der Waals surface area contributed by atoms with E-state index in [9.17, 15) is 24.6 Å². The van der Waals surface area contributed by atoms with Gasteiger partial charge in [0.2, 0.25) is 0 Å². The molecule has 0 aromatic heterocycles. The van der Waals surface area contributed by atoms with Crippen LogP contribution in [0.5, 0.6) is 11.5 Å². The molecule has 6 nitrogen and oxygen atoms in total. The van der Waals surface area contributed by atoms with Crippen molar-refractivity contribution in [1.82, 2.24) is 0 Å². The van der Waals surface area contributed by atoms with Crippen LogP contribution >= 0.6 is 0 Å². The van der Waals surface area contributed by atoms with Gasteiger partial charge in [0, 0.05) is 25.2 Å². The van der Waals surface area contributed by atoms with Crippen LogP contribution in [0.1, 0.15) is 31.7 Å². The van der Waals surface area contributed by atoms with E-state index in [0.717, 1.165) is 11.8 Å². The Morgan fingerprint density at radius 2 is 2.00 bits per heavy atom. The highest BCUT2D eigenvalue weighted by molar-refractivity contribution is 5.71. The van der Waals surface area contributed by atoms with Crippen LogP contribution in [0.15, 0.2) is 18.2 Å². The Hall–Kier alpha value is -2.37. The predicted octanol–water partition coefficient (Wildman–Crippen LogP) is 2.00. The van der Waals surface area contributed by atoms with E-state index in [0.29, 0.717) is 19.1 Å². The zero-order valence-corrected chi connectivity index (χ0v) is 13.1. The average molecular weight is 322 g/mol. The third kappa shape index (κ3) is 6.10. The first kappa shape index (κ1) is 18.7. The molecule has 0 aliphatic rings. The van der Waals surface area contributed by atoms with Crippen LogP contribution in [-0.2, 0) is 25.5 Å². The van der Waals surface area contributed by atoms with Crippen LogP contribution in [0.25, 0.3) is 0 Å². The van der Waals surface area contributed by atoms with Gasteiger partial charge in [-0.3, -0.25) is 4.79 Å². The summed E-state index contributed by atoms with van der Waals surface area (Å²) in [5.74, 6) is -1.55. The minimum absolute atomic E-state index is 0.0246. The van der Waals surface area contributed by atoms with E-state index in [4.69, 9.17) is 4.74 Å². The number of aldehydes is 2. The van der Waals surface area contributed by atoms with Gasteiger partial charge in [-0.1, -0.05) is 13.0 Å². The Balaban J connectivity index is 2.46. The van der Waals surface area contributed by atoms with Crippen molar-refractivity contribution < 1.29 is 29.3 Å². The first-order valence-corrected chi connectivity index (χ1v) is 7.57. The largest absolute Gasteiger partial charge is 0.504 e. The second-order valence-electron chi connectivity index (χ2n) is 5.37. The molecule has 2 N–H and O–H groups in total. The zero-order valence-electron chi connectivity index (χ0n) is 13.1. The zero-order chi connectivity index (χ0) is 17.2. The summed E-state index contributed by atoms with van der Waals surface area (Å²) in [6.07, 6.45) is 2.63. The quantitative estimate of drug-likeness (QED) is 0.388. The van der Waals surface area contributed by atoms with E-state index >= 15 is 0 Å². The van der Waals surface area contributed by atoms with Gasteiger partial charge in [0.05, 0.1) is 6.61 Å². The number of aromatic hydroxyl groups is 2. The minimum atomic E-state index is -0.458. The summed E-state index contributed by atoms with van der Waals surface area (Å²) in [6.45, 7) is 1.95. The number of phenols is 2. The molecule has 23 heavy (non-hydrogen) atoms. The topological polar surface area (TPSA) is 101 Å².